The maximum atomic E-state index is 12.7. The van der Waals surface area contributed by atoms with Crippen LogP contribution in [0.1, 0.15) is 57.8 Å². The summed E-state index contributed by atoms with van der Waals surface area (Å²) in [5.41, 5.74) is -0.363. The van der Waals surface area contributed by atoms with Gasteiger partial charge < -0.3 is 14.4 Å². The number of carbonyl (C=O) groups is 1. The molecule has 5 nitrogen and oxygen atoms in total. The molecule has 0 bridgehead atoms. The van der Waals surface area contributed by atoms with Crippen molar-refractivity contribution >= 4 is 29.2 Å². The van der Waals surface area contributed by atoms with Crippen LogP contribution in [0.25, 0.3) is 0 Å². The third-order valence-electron chi connectivity index (χ3n) is 7.71. The Morgan fingerprint density at radius 2 is 1.69 bits per heavy atom. The van der Waals surface area contributed by atoms with Gasteiger partial charge in [-0.25, -0.2) is 0 Å². The molecule has 0 amide bonds. The fourth-order valence-electron chi connectivity index (χ4n) is 5.84. The summed E-state index contributed by atoms with van der Waals surface area (Å²) in [5.74, 6) is 1.49. The first kappa shape index (κ1) is 24.1. The summed E-state index contributed by atoms with van der Waals surface area (Å²) in [5, 5.41) is 1.09. The van der Waals surface area contributed by atoms with E-state index in [1.807, 2.05) is 6.07 Å². The van der Waals surface area contributed by atoms with Crippen molar-refractivity contribution in [3.05, 3.63) is 28.2 Å². The number of likely N-dealkylation sites (tertiary alicyclic amines) is 2. The van der Waals surface area contributed by atoms with Gasteiger partial charge in [0.05, 0.1) is 17.2 Å². The topological polar surface area (TPSA) is 42.0 Å². The summed E-state index contributed by atoms with van der Waals surface area (Å²) in [6.45, 7) is 5.31. The second-order valence-electron chi connectivity index (χ2n) is 9.71. The first-order chi connectivity index (χ1) is 15.5. The molecule has 0 atom stereocenters. The highest BCUT2D eigenvalue weighted by molar-refractivity contribution is 6.42. The van der Waals surface area contributed by atoms with Gasteiger partial charge in [-0.2, -0.15) is 0 Å². The van der Waals surface area contributed by atoms with Crippen LogP contribution in [0.3, 0.4) is 0 Å². The molecule has 2 aliphatic heterocycles. The summed E-state index contributed by atoms with van der Waals surface area (Å²) in [4.78, 5) is 17.7. The van der Waals surface area contributed by atoms with Crippen LogP contribution in [0.15, 0.2) is 18.2 Å². The van der Waals surface area contributed by atoms with Crippen LogP contribution in [0.4, 0.5) is 0 Å². The highest BCUT2D eigenvalue weighted by Gasteiger charge is 2.46. The van der Waals surface area contributed by atoms with E-state index in [1.165, 1.54) is 19.3 Å². The number of nitrogens with zero attached hydrogens (tertiary/aromatic N) is 2. The normalized spacial score (nSPS) is 23.7. The van der Waals surface area contributed by atoms with Gasteiger partial charge in [-0.1, -0.05) is 42.5 Å². The van der Waals surface area contributed by atoms with Crippen molar-refractivity contribution in [3.8, 4) is 5.75 Å². The molecule has 32 heavy (non-hydrogen) atoms. The van der Waals surface area contributed by atoms with Gasteiger partial charge in [0.15, 0.2) is 0 Å². The van der Waals surface area contributed by atoms with Crippen molar-refractivity contribution in [2.75, 3.05) is 39.8 Å². The lowest BCUT2D eigenvalue weighted by molar-refractivity contribution is -0.159. The molecule has 3 fully saturated rings. The lowest BCUT2D eigenvalue weighted by atomic mass is 9.78. The summed E-state index contributed by atoms with van der Waals surface area (Å²) in [7, 11) is 1.54. The quantitative estimate of drug-likeness (QED) is 0.505. The average molecular weight is 483 g/mol. The molecule has 2 heterocycles. The van der Waals surface area contributed by atoms with Crippen molar-refractivity contribution < 1.29 is 14.3 Å². The van der Waals surface area contributed by atoms with Crippen molar-refractivity contribution in [1.82, 2.24) is 9.80 Å². The minimum atomic E-state index is -0.363. The highest BCUT2D eigenvalue weighted by Crippen LogP contribution is 2.37. The lowest BCUT2D eigenvalue weighted by Crippen LogP contribution is -2.58. The number of carbonyl (C=O) groups excluding carboxylic acids is 1. The van der Waals surface area contributed by atoms with Gasteiger partial charge in [0.1, 0.15) is 17.4 Å². The molecule has 7 heteroatoms. The van der Waals surface area contributed by atoms with E-state index in [-0.39, 0.29) is 17.6 Å². The zero-order valence-corrected chi connectivity index (χ0v) is 20.7. The Bertz CT molecular complexity index is 768. The van der Waals surface area contributed by atoms with Crippen molar-refractivity contribution in [3.63, 3.8) is 0 Å². The Balaban J connectivity index is 1.22. The molecular formula is C25H36Cl2N2O3. The van der Waals surface area contributed by atoms with Gasteiger partial charge in [-0.05, 0) is 69.7 Å². The molecular weight excluding hydrogens is 447 g/mol. The van der Waals surface area contributed by atoms with Crippen LogP contribution in [-0.4, -0.2) is 67.2 Å². The SMILES string of the molecule is COC(=O)C1(N2CCC(CN3CCC(Oc4ccc(Cl)c(Cl)c4)CC3)CC2)CCCCC1. The van der Waals surface area contributed by atoms with Crippen LogP contribution >= 0.6 is 23.2 Å². The standard InChI is InChI=1S/C25H36Cl2N2O3/c1-31-24(30)25(11-3-2-4-12-25)29-15-7-19(8-16-29)18-28-13-9-20(10-14-28)32-21-5-6-22(26)23(27)17-21/h5-6,17,19-20H,2-4,7-16,18H2,1H3. The predicted molar refractivity (Wildman–Crippen MR) is 129 cm³/mol. The summed E-state index contributed by atoms with van der Waals surface area (Å²) < 4.78 is 11.4. The number of ether oxygens (including phenoxy) is 2. The molecule has 0 spiro atoms. The Hall–Kier alpha value is -1.01. The third-order valence-corrected chi connectivity index (χ3v) is 8.45. The highest BCUT2D eigenvalue weighted by atomic mass is 35.5. The molecule has 178 valence electrons. The van der Waals surface area contributed by atoms with Crippen LogP contribution in [0.2, 0.25) is 10.0 Å². The Kier molecular flexibility index (Phi) is 8.25. The summed E-state index contributed by atoms with van der Waals surface area (Å²) in [6, 6.07) is 5.48. The predicted octanol–water partition coefficient (Wildman–Crippen LogP) is 5.42. The van der Waals surface area contributed by atoms with Crippen molar-refractivity contribution in [2.45, 2.75) is 69.4 Å². The summed E-state index contributed by atoms with van der Waals surface area (Å²) >= 11 is 12.1. The van der Waals surface area contributed by atoms with Crippen LogP contribution in [0, 0.1) is 5.92 Å². The fourth-order valence-corrected chi connectivity index (χ4v) is 6.13. The van der Waals surface area contributed by atoms with E-state index in [0.29, 0.717) is 16.0 Å². The van der Waals surface area contributed by atoms with Gasteiger partial charge in [0, 0.05) is 25.7 Å². The van der Waals surface area contributed by atoms with E-state index in [1.54, 1.807) is 19.2 Å². The number of hydrogen-bond donors (Lipinski definition) is 0. The molecule has 0 N–H and O–H groups in total. The van der Waals surface area contributed by atoms with E-state index >= 15 is 0 Å². The van der Waals surface area contributed by atoms with Gasteiger partial charge >= 0.3 is 5.97 Å². The van der Waals surface area contributed by atoms with Crippen molar-refractivity contribution in [2.24, 2.45) is 5.92 Å². The number of rotatable bonds is 6. The monoisotopic (exact) mass is 482 g/mol. The number of methoxy groups -OCH3 is 1. The largest absolute Gasteiger partial charge is 0.490 e. The minimum Gasteiger partial charge on any atom is -0.490 e. The van der Waals surface area contributed by atoms with Gasteiger partial charge in [-0.3, -0.25) is 9.69 Å². The second-order valence-corrected chi connectivity index (χ2v) is 10.5. The molecule has 1 aromatic carbocycles. The number of benzene rings is 1. The maximum Gasteiger partial charge on any atom is 0.326 e. The Morgan fingerprint density at radius 3 is 2.31 bits per heavy atom. The molecule has 3 aliphatic rings. The van der Waals surface area contributed by atoms with E-state index in [9.17, 15) is 4.79 Å². The molecule has 0 unspecified atom stereocenters. The Morgan fingerprint density at radius 1 is 1.00 bits per heavy atom. The zero-order valence-electron chi connectivity index (χ0n) is 19.2. The molecule has 1 saturated carbocycles. The van der Waals surface area contributed by atoms with Gasteiger partial charge in [-0.15, -0.1) is 0 Å². The maximum absolute atomic E-state index is 12.7. The fraction of sp³-hybridized carbons (Fsp3) is 0.720. The molecule has 1 aliphatic carbocycles. The van der Waals surface area contributed by atoms with Crippen molar-refractivity contribution in [1.29, 1.82) is 0 Å². The lowest BCUT2D eigenvalue weighted by Gasteiger charge is -2.47. The van der Waals surface area contributed by atoms with Crippen LogP contribution in [-0.2, 0) is 9.53 Å². The van der Waals surface area contributed by atoms with Gasteiger partial charge in [0.25, 0.3) is 0 Å². The van der Waals surface area contributed by atoms with E-state index in [0.717, 1.165) is 77.0 Å². The number of piperidine rings is 2. The third kappa shape index (κ3) is 5.55. The number of halogens is 2. The smallest absolute Gasteiger partial charge is 0.326 e. The first-order valence-corrected chi connectivity index (χ1v) is 12.9. The molecule has 2 saturated heterocycles. The van der Waals surface area contributed by atoms with E-state index < -0.39 is 0 Å². The molecule has 0 radical (unpaired) electrons. The molecule has 1 aromatic rings. The van der Waals surface area contributed by atoms with Crippen LogP contribution in [0.5, 0.6) is 5.75 Å². The summed E-state index contributed by atoms with van der Waals surface area (Å²) in [6.07, 6.45) is 10.0. The van der Waals surface area contributed by atoms with E-state index in [4.69, 9.17) is 32.7 Å². The van der Waals surface area contributed by atoms with E-state index in [2.05, 4.69) is 9.80 Å². The second kappa shape index (κ2) is 10.9. The van der Waals surface area contributed by atoms with Crippen LogP contribution < -0.4 is 4.74 Å². The Labute approximate surface area is 202 Å². The zero-order chi connectivity index (χ0) is 22.6. The first-order valence-electron chi connectivity index (χ1n) is 12.2. The molecule has 4 rings (SSSR count). The number of esters is 1. The molecule has 0 aromatic heterocycles. The number of hydrogen-bond acceptors (Lipinski definition) is 5. The van der Waals surface area contributed by atoms with Gasteiger partial charge in [0.2, 0.25) is 0 Å². The minimum absolute atomic E-state index is 0.0142. The average Bonchev–Trinajstić information content (AvgIpc) is 2.83.